The minimum absolute atomic E-state index is 0.125. The molecule has 1 unspecified atom stereocenters. The van der Waals surface area contributed by atoms with E-state index < -0.39 is 42.0 Å². The second-order valence-electron chi connectivity index (χ2n) is 8.30. The number of carbonyl (C=O) groups is 3. The van der Waals surface area contributed by atoms with E-state index >= 15 is 0 Å². The first-order valence-corrected chi connectivity index (χ1v) is 10.7. The van der Waals surface area contributed by atoms with Crippen LogP contribution in [0.1, 0.15) is 38.9 Å². The van der Waals surface area contributed by atoms with E-state index in [4.69, 9.17) is 4.74 Å². The number of rotatable bonds is 7. The largest absolute Gasteiger partial charge is 0.481 e. The van der Waals surface area contributed by atoms with Gasteiger partial charge < -0.3 is 25.8 Å². The molecule has 4 atom stereocenters. The molecular formula is C24H29N3O5. The van der Waals surface area contributed by atoms with Gasteiger partial charge in [0.1, 0.15) is 23.9 Å². The van der Waals surface area contributed by atoms with Crippen LogP contribution in [-0.4, -0.2) is 41.0 Å². The lowest BCUT2D eigenvalue weighted by Gasteiger charge is -2.27. The summed E-state index contributed by atoms with van der Waals surface area (Å²) >= 11 is 0. The first-order chi connectivity index (χ1) is 15.3. The molecule has 0 spiro atoms. The number of carbonyl (C=O) groups excluding carboxylic acids is 3. The van der Waals surface area contributed by atoms with Gasteiger partial charge in [0.15, 0.2) is 6.10 Å². The molecule has 1 heterocycles. The summed E-state index contributed by atoms with van der Waals surface area (Å²) in [6, 6.07) is 14.2. The molecule has 2 aromatic rings. The number of anilines is 1. The van der Waals surface area contributed by atoms with Gasteiger partial charge >= 0.3 is 0 Å². The lowest BCUT2D eigenvalue weighted by atomic mass is 10.0. The van der Waals surface area contributed by atoms with E-state index in [9.17, 15) is 19.5 Å². The van der Waals surface area contributed by atoms with E-state index in [0.717, 1.165) is 0 Å². The number of aliphatic hydroxyl groups excluding tert-OH is 1. The summed E-state index contributed by atoms with van der Waals surface area (Å²) in [4.78, 5) is 38.1. The first kappa shape index (κ1) is 23.3. The molecule has 8 nitrogen and oxygen atoms in total. The predicted molar refractivity (Wildman–Crippen MR) is 120 cm³/mol. The van der Waals surface area contributed by atoms with Gasteiger partial charge in [-0.15, -0.1) is 0 Å². The molecule has 1 aliphatic heterocycles. The van der Waals surface area contributed by atoms with E-state index in [2.05, 4.69) is 16.0 Å². The van der Waals surface area contributed by atoms with E-state index in [1.54, 1.807) is 24.3 Å². The van der Waals surface area contributed by atoms with Crippen LogP contribution in [0.5, 0.6) is 5.75 Å². The Kier molecular flexibility index (Phi) is 7.48. The van der Waals surface area contributed by atoms with Crippen LogP contribution in [0.15, 0.2) is 54.6 Å². The van der Waals surface area contributed by atoms with Gasteiger partial charge in [-0.1, -0.05) is 56.3 Å². The minimum atomic E-state index is -1.21. The average molecular weight is 440 g/mol. The van der Waals surface area contributed by atoms with Gasteiger partial charge in [-0.2, -0.15) is 0 Å². The Labute approximate surface area is 187 Å². The van der Waals surface area contributed by atoms with E-state index in [1.807, 2.05) is 44.2 Å². The number of hydrogen-bond acceptors (Lipinski definition) is 5. The number of amides is 3. The third kappa shape index (κ3) is 5.64. The highest BCUT2D eigenvalue weighted by Gasteiger charge is 2.37. The molecule has 1 aliphatic rings. The average Bonchev–Trinajstić information content (AvgIpc) is 2.90. The number of fused-ring (bicyclic) bond motifs is 1. The highest BCUT2D eigenvalue weighted by atomic mass is 16.5. The van der Waals surface area contributed by atoms with Crippen LogP contribution in [0.4, 0.5) is 5.69 Å². The van der Waals surface area contributed by atoms with Crippen molar-refractivity contribution in [2.24, 2.45) is 5.92 Å². The number of aliphatic hydroxyl groups is 1. The Hall–Kier alpha value is -3.39. The first-order valence-electron chi connectivity index (χ1n) is 10.7. The number of nitrogens with one attached hydrogen (secondary N) is 3. The Balaban J connectivity index is 1.78. The summed E-state index contributed by atoms with van der Waals surface area (Å²) in [5.74, 6) is -1.01. The zero-order valence-electron chi connectivity index (χ0n) is 18.4. The van der Waals surface area contributed by atoms with Crippen LogP contribution in [-0.2, 0) is 14.4 Å². The van der Waals surface area contributed by atoms with Crippen molar-refractivity contribution in [3.05, 3.63) is 60.2 Å². The molecule has 4 N–H and O–H groups in total. The molecule has 8 heteroatoms. The monoisotopic (exact) mass is 439 g/mol. The summed E-state index contributed by atoms with van der Waals surface area (Å²) in [5.41, 5.74) is 1.22. The molecule has 0 saturated heterocycles. The van der Waals surface area contributed by atoms with E-state index in [0.29, 0.717) is 17.0 Å². The Bertz CT molecular complexity index is 963. The highest BCUT2D eigenvalue weighted by molar-refractivity contribution is 6.00. The highest BCUT2D eigenvalue weighted by Crippen LogP contribution is 2.34. The topological polar surface area (TPSA) is 117 Å². The van der Waals surface area contributed by atoms with Crippen molar-refractivity contribution < 1.29 is 24.2 Å². The fraction of sp³-hybridized carbons (Fsp3) is 0.375. The van der Waals surface area contributed by atoms with Crippen molar-refractivity contribution >= 4 is 23.4 Å². The molecule has 0 radical (unpaired) electrons. The standard InChI is InChI=1S/C24H29N3O5/c1-14(2)13-18(28)23(30)25-15(3)22(29)27-20-21(16-9-5-4-6-10-16)32-19-12-8-7-11-17(19)26-24(20)31/h4-12,14-15,18,20-21,28H,13H2,1-3H3,(H,25,30)(H,26,31)(H,27,29)/t15-,18?,20-,21+/m0/s1. The Morgan fingerprint density at radius 3 is 2.38 bits per heavy atom. The van der Waals surface area contributed by atoms with Crippen molar-refractivity contribution in [2.45, 2.75) is 51.5 Å². The van der Waals surface area contributed by atoms with Crippen LogP contribution < -0.4 is 20.7 Å². The Morgan fingerprint density at radius 2 is 1.69 bits per heavy atom. The second kappa shape index (κ2) is 10.3. The summed E-state index contributed by atoms with van der Waals surface area (Å²) in [6.45, 7) is 5.27. The quantitative estimate of drug-likeness (QED) is 0.528. The maximum absolute atomic E-state index is 13.0. The number of para-hydroxylation sites is 2. The smallest absolute Gasteiger partial charge is 0.251 e. The Morgan fingerprint density at radius 1 is 1.03 bits per heavy atom. The van der Waals surface area contributed by atoms with Gasteiger partial charge in [-0.25, -0.2) is 0 Å². The van der Waals surface area contributed by atoms with Gasteiger partial charge in [-0.05, 0) is 37.0 Å². The van der Waals surface area contributed by atoms with Gasteiger partial charge in [0.05, 0.1) is 5.69 Å². The lowest BCUT2D eigenvalue weighted by Crippen LogP contribution is -2.54. The molecule has 32 heavy (non-hydrogen) atoms. The third-order valence-corrected chi connectivity index (χ3v) is 5.16. The predicted octanol–water partition coefficient (Wildman–Crippen LogP) is 2.16. The zero-order chi connectivity index (χ0) is 23.3. The van der Waals surface area contributed by atoms with Gasteiger partial charge in [0, 0.05) is 0 Å². The molecule has 3 amide bonds. The maximum atomic E-state index is 13.0. The van der Waals surface area contributed by atoms with Crippen LogP contribution in [0, 0.1) is 5.92 Å². The van der Waals surface area contributed by atoms with Crippen LogP contribution in [0.25, 0.3) is 0 Å². The summed E-state index contributed by atoms with van der Waals surface area (Å²) in [6.07, 6.45) is -1.70. The SMILES string of the molecule is CC(C)CC(O)C(=O)N[C@@H](C)C(=O)N[C@@H]1C(=O)Nc2ccccc2O[C@@H]1c1ccccc1. The lowest BCUT2D eigenvalue weighted by molar-refractivity contribution is -0.135. The molecule has 0 aliphatic carbocycles. The number of ether oxygens (including phenoxy) is 1. The molecule has 2 aromatic carbocycles. The van der Waals surface area contributed by atoms with Crippen molar-refractivity contribution in [3.63, 3.8) is 0 Å². The molecule has 170 valence electrons. The minimum Gasteiger partial charge on any atom is -0.481 e. The molecular weight excluding hydrogens is 410 g/mol. The maximum Gasteiger partial charge on any atom is 0.251 e. The molecule has 0 saturated carbocycles. The van der Waals surface area contributed by atoms with Crippen LogP contribution in [0.2, 0.25) is 0 Å². The molecule has 0 aromatic heterocycles. The molecule has 0 fully saturated rings. The van der Waals surface area contributed by atoms with Crippen LogP contribution >= 0.6 is 0 Å². The summed E-state index contributed by atoms with van der Waals surface area (Å²) < 4.78 is 6.14. The van der Waals surface area contributed by atoms with Crippen molar-refractivity contribution in [2.75, 3.05) is 5.32 Å². The van der Waals surface area contributed by atoms with E-state index in [-0.39, 0.29) is 12.3 Å². The zero-order valence-corrected chi connectivity index (χ0v) is 18.4. The van der Waals surface area contributed by atoms with Crippen molar-refractivity contribution in [1.29, 1.82) is 0 Å². The molecule has 3 rings (SSSR count). The second-order valence-corrected chi connectivity index (χ2v) is 8.30. The summed E-state index contributed by atoms with van der Waals surface area (Å²) in [7, 11) is 0. The van der Waals surface area contributed by atoms with Gasteiger partial charge in [0.2, 0.25) is 11.8 Å². The summed E-state index contributed by atoms with van der Waals surface area (Å²) in [5, 5.41) is 18.0. The van der Waals surface area contributed by atoms with Crippen molar-refractivity contribution in [1.82, 2.24) is 10.6 Å². The number of hydrogen-bond donors (Lipinski definition) is 4. The normalized spacial score (nSPS) is 19.6. The third-order valence-electron chi connectivity index (χ3n) is 5.16. The van der Waals surface area contributed by atoms with E-state index in [1.165, 1.54) is 6.92 Å². The molecule has 0 bridgehead atoms. The number of benzene rings is 2. The fourth-order valence-corrected chi connectivity index (χ4v) is 3.48. The van der Waals surface area contributed by atoms with Crippen LogP contribution in [0.3, 0.4) is 0 Å². The van der Waals surface area contributed by atoms with Gasteiger partial charge in [0.25, 0.3) is 5.91 Å². The fourth-order valence-electron chi connectivity index (χ4n) is 3.48. The van der Waals surface area contributed by atoms with Gasteiger partial charge in [-0.3, -0.25) is 14.4 Å². The van der Waals surface area contributed by atoms with Crippen molar-refractivity contribution in [3.8, 4) is 5.75 Å².